The van der Waals surface area contributed by atoms with Gasteiger partial charge in [-0.15, -0.1) is 11.3 Å². The molecule has 0 fully saturated rings. The molecule has 1 aromatic rings. The molecule has 0 aliphatic heterocycles. The molecule has 0 bridgehead atoms. The van der Waals surface area contributed by atoms with E-state index in [1.165, 1.54) is 5.38 Å². The lowest BCUT2D eigenvalue weighted by Crippen LogP contribution is -2.21. The van der Waals surface area contributed by atoms with Gasteiger partial charge in [-0.1, -0.05) is 0 Å². The Kier molecular flexibility index (Phi) is 2.42. The molecule has 0 radical (unpaired) electrons. The number of hydrogen-bond acceptors (Lipinski definition) is 5. The van der Waals surface area contributed by atoms with Crippen LogP contribution in [0.5, 0.6) is 0 Å². The summed E-state index contributed by atoms with van der Waals surface area (Å²) in [4.78, 5) is 13.8. The number of thiazole rings is 1. The molecule has 0 saturated carbocycles. The third-order valence-corrected chi connectivity index (χ3v) is 1.75. The number of aromatic carboxylic acids is 1. The smallest absolute Gasteiger partial charge is 0.152 e. The van der Waals surface area contributed by atoms with Crippen LogP contribution in [-0.2, 0) is 0 Å². The molecule has 58 valence electrons. The van der Waals surface area contributed by atoms with Gasteiger partial charge in [-0.25, -0.2) is 4.98 Å². The molecule has 0 unspecified atom stereocenters. The highest BCUT2D eigenvalue weighted by Crippen LogP contribution is 2.06. The van der Waals surface area contributed by atoms with E-state index in [9.17, 15) is 9.90 Å². The van der Waals surface area contributed by atoms with Crippen LogP contribution >= 0.6 is 11.3 Å². The van der Waals surface area contributed by atoms with Gasteiger partial charge in [0.1, 0.15) is 16.7 Å². The first-order valence-corrected chi connectivity index (χ1v) is 3.69. The maximum atomic E-state index is 10.2. The fraction of sp³-hybridized carbons (Fsp3) is 0. The molecule has 0 aliphatic rings. The molecule has 1 aromatic heterocycles. The third-order valence-electron chi connectivity index (χ3n) is 0.925. The predicted octanol–water partition coefficient (Wildman–Crippen LogP) is -0.618. The molecular weight excluding hydrogens is 176 g/mol. The fourth-order valence-corrected chi connectivity index (χ4v) is 1.10. The number of rotatable bonds is 1. The van der Waals surface area contributed by atoms with Crippen LogP contribution in [0, 0.1) is 23.2 Å². The number of aromatic nitrogens is 1. The summed E-state index contributed by atoms with van der Waals surface area (Å²) in [5, 5.41) is 19.6. The van der Waals surface area contributed by atoms with Gasteiger partial charge >= 0.3 is 0 Å². The van der Waals surface area contributed by atoms with Gasteiger partial charge in [0, 0.05) is 11.3 Å². The van der Waals surface area contributed by atoms with Crippen molar-refractivity contribution in [1.29, 1.82) is 5.26 Å². The van der Waals surface area contributed by atoms with Crippen LogP contribution < -0.4 is 5.11 Å². The Morgan fingerprint density at radius 3 is 3.00 bits per heavy atom. The summed E-state index contributed by atoms with van der Waals surface area (Å²) in [6, 6.07) is 1.60. The summed E-state index contributed by atoms with van der Waals surface area (Å²) in [7, 11) is 0. The summed E-state index contributed by atoms with van der Waals surface area (Å²) in [6.45, 7) is 0. The summed E-state index contributed by atoms with van der Waals surface area (Å²) in [6.07, 6.45) is 0. The van der Waals surface area contributed by atoms with Gasteiger partial charge in [-0.2, -0.15) is 5.26 Å². The van der Waals surface area contributed by atoms with Crippen molar-refractivity contribution in [1.82, 2.24) is 4.98 Å². The first-order chi connectivity index (χ1) is 5.74. The zero-order valence-electron chi connectivity index (χ0n) is 5.70. The van der Waals surface area contributed by atoms with Gasteiger partial charge in [0.05, 0.1) is 0 Å². The van der Waals surface area contributed by atoms with Crippen molar-refractivity contribution in [2.45, 2.75) is 0 Å². The minimum atomic E-state index is -1.33. The molecule has 0 amide bonds. The highest BCUT2D eigenvalue weighted by molar-refractivity contribution is 7.11. The lowest BCUT2D eigenvalue weighted by Gasteiger charge is -1.90. The lowest BCUT2D eigenvalue weighted by atomic mass is 10.5. The minimum absolute atomic E-state index is 0.128. The Balaban J connectivity index is 2.94. The van der Waals surface area contributed by atoms with Crippen LogP contribution in [0.2, 0.25) is 0 Å². The van der Waals surface area contributed by atoms with E-state index < -0.39 is 5.97 Å². The summed E-state index contributed by atoms with van der Waals surface area (Å²) in [5.41, 5.74) is 0.278. The number of nitrogens with zero attached hydrogens (tertiary/aromatic N) is 2. The molecule has 12 heavy (non-hydrogen) atoms. The number of carbonyl (C=O) groups excluding carboxylic acids is 1. The van der Waals surface area contributed by atoms with Crippen LogP contribution in [0.1, 0.15) is 15.5 Å². The number of carbonyl (C=O) groups is 1. The number of hydrogen-bond donors (Lipinski definition) is 0. The molecule has 0 spiro atoms. The SMILES string of the molecule is N#CC#Cc1csc(C(=O)[O-])n1. The van der Waals surface area contributed by atoms with E-state index in [2.05, 4.69) is 16.8 Å². The first kappa shape index (κ1) is 8.25. The number of nitriles is 1. The maximum absolute atomic E-state index is 10.2. The van der Waals surface area contributed by atoms with E-state index in [4.69, 9.17) is 5.26 Å². The van der Waals surface area contributed by atoms with Crippen molar-refractivity contribution in [2.75, 3.05) is 0 Å². The molecule has 0 saturated heterocycles. The second kappa shape index (κ2) is 3.51. The second-order valence-electron chi connectivity index (χ2n) is 1.69. The van der Waals surface area contributed by atoms with Gasteiger partial charge in [0.15, 0.2) is 6.07 Å². The Morgan fingerprint density at radius 2 is 2.50 bits per heavy atom. The largest absolute Gasteiger partial charge is 0.542 e. The summed E-state index contributed by atoms with van der Waals surface area (Å²) >= 11 is 0.923. The van der Waals surface area contributed by atoms with Gasteiger partial charge in [-0.05, 0) is 5.92 Å². The van der Waals surface area contributed by atoms with E-state index in [1.807, 2.05) is 0 Å². The fourth-order valence-electron chi connectivity index (χ4n) is 0.517. The van der Waals surface area contributed by atoms with Crippen molar-refractivity contribution in [3.63, 3.8) is 0 Å². The summed E-state index contributed by atoms with van der Waals surface area (Å²) in [5.74, 6) is 3.14. The van der Waals surface area contributed by atoms with Gasteiger partial charge in [0.25, 0.3) is 0 Å². The molecule has 1 heterocycles. The quantitative estimate of drug-likeness (QED) is 0.536. The standard InChI is InChI=1S/C7H2N2O2S/c8-3-1-2-5-4-12-6(9-5)7(10)11/h4H,(H,10,11)/p-1. The number of carboxylic acid groups (broad SMARTS) is 1. The monoisotopic (exact) mass is 177 g/mol. The molecular formula is C7HN2O2S-. The molecule has 0 aromatic carbocycles. The van der Waals surface area contributed by atoms with E-state index in [1.54, 1.807) is 6.07 Å². The second-order valence-corrected chi connectivity index (χ2v) is 2.55. The Hall–Kier alpha value is -1.85. The van der Waals surface area contributed by atoms with Crippen LogP contribution in [0.4, 0.5) is 0 Å². The van der Waals surface area contributed by atoms with Crippen molar-refractivity contribution >= 4 is 17.3 Å². The molecule has 4 nitrogen and oxygen atoms in total. The molecule has 0 atom stereocenters. The average molecular weight is 177 g/mol. The minimum Gasteiger partial charge on any atom is -0.542 e. The first-order valence-electron chi connectivity index (χ1n) is 2.81. The van der Waals surface area contributed by atoms with Crippen molar-refractivity contribution in [3.8, 4) is 17.9 Å². The van der Waals surface area contributed by atoms with Crippen molar-refractivity contribution in [2.24, 2.45) is 0 Å². The zero-order chi connectivity index (χ0) is 8.97. The van der Waals surface area contributed by atoms with Gasteiger partial charge in [0.2, 0.25) is 0 Å². The van der Waals surface area contributed by atoms with E-state index >= 15 is 0 Å². The number of carboxylic acids is 1. The normalized spacial score (nSPS) is 7.92. The predicted molar refractivity (Wildman–Crippen MR) is 38.9 cm³/mol. The van der Waals surface area contributed by atoms with Gasteiger partial charge in [-0.3, -0.25) is 0 Å². The topological polar surface area (TPSA) is 76.8 Å². The van der Waals surface area contributed by atoms with E-state index in [0.29, 0.717) is 0 Å². The Morgan fingerprint density at radius 1 is 1.75 bits per heavy atom. The Bertz CT molecular complexity index is 405. The van der Waals surface area contributed by atoms with E-state index in [0.717, 1.165) is 11.3 Å². The molecule has 1 rings (SSSR count). The van der Waals surface area contributed by atoms with Crippen molar-refractivity contribution < 1.29 is 9.90 Å². The molecule has 5 heteroatoms. The highest BCUT2D eigenvalue weighted by Gasteiger charge is 1.98. The van der Waals surface area contributed by atoms with E-state index in [-0.39, 0.29) is 10.7 Å². The summed E-state index contributed by atoms with van der Waals surface area (Å²) < 4.78 is 0. The van der Waals surface area contributed by atoms with Gasteiger partial charge < -0.3 is 9.90 Å². The van der Waals surface area contributed by atoms with Crippen molar-refractivity contribution in [3.05, 3.63) is 16.1 Å². The lowest BCUT2D eigenvalue weighted by molar-refractivity contribution is -0.255. The van der Waals surface area contributed by atoms with Crippen LogP contribution in [0.15, 0.2) is 5.38 Å². The van der Waals surface area contributed by atoms with Crippen LogP contribution in [0.25, 0.3) is 0 Å². The zero-order valence-corrected chi connectivity index (χ0v) is 6.51. The average Bonchev–Trinajstić information content (AvgIpc) is 2.48. The maximum Gasteiger partial charge on any atom is 0.152 e. The molecule has 0 aliphatic carbocycles. The highest BCUT2D eigenvalue weighted by atomic mass is 32.1. The molecule has 0 N–H and O–H groups in total. The van der Waals surface area contributed by atoms with Crippen LogP contribution in [-0.4, -0.2) is 11.0 Å². The Labute approximate surface area is 72.1 Å². The third kappa shape index (κ3) is 1.82. The van der Waals surface area contributed by atoms with Crippen LogP contribution in [0.3, 0.4) is 0 Å².